The summed E-state index contributed by atoms with van der Waals surface area (Å²) in [5.41, 5.74) is 1.22. The molecule has 0 heterocycles. The van der Waals surface area contributed by atoms with Crippen LogP contribution in [0.15, 0.2) is 29.8 Å². The monoisotopic (exact) mass is 151 g/mol. The molecule has 0 aliphatic rings. The topological polar surface area (TPSA) is 12.4 Å². The fraction of sp³-hybridized carbons (Fsp3) is 0.500. The molecule has 0 aromatic rings. The number of rotatable bonds is 5. The van der Waals surface area contributed by atoms with E-state index in [9.17, 15) is 0 Å². The third-order valence-corrected chi connectivity index (χ3v) is 1.45. The average Bonchev–Trinajstić information content (AvgIpc) is 2.04. The predicted molar refractivity (Wildman–Crippen MR) is 52.2 cm³/mol. The average molecular weight is 151 g/mol. The molecule has 0 bridgehead atoms. The second-order valence-corrected chi connectivity index (χ2v) is 2.43. The number of allylic oxidation sites excluding steroid dienone is 2. The molecule has 0 N–H and O–H groups in total. The second-order valence-electron chi connectivity index (χ2n) is 2.43. The summed E-state index contributed by atoms with van der Waals surface area (Å²) >= 11 is 0. The van der Waals surface area contributed by atoms with Gasteiger partial charge < -0.3 is 0 Å². The van der Waals surface area contributed by atoms with Crippen LogP contribution in [-0.2, 0) is 0 Å². The zero-order valence-electron chi connectivity index (χ0n) is 7.51. The highest BCUT2D eigenvalue weighted by molar-refractivity contribution is 5.81. The van der Waals surface area contributed by atoms with E-state index in [-0.39, 0.29) is 0 Å². The van der Waals surface area contributed by atoms with Crippen LogP contribution in [0.4, 0.5) is 0 Å². The molecule has 0 aliphatic heterocycles. The van der Waals surface area contributed by atoms with Gasteiger partial charge in [-0.3, -0.25) is 4.99 Å². The molecule has 11 heavy (non-hydrogen) atoms. The van der Waals surface area contributed by atoms with Crippen LogP contribution in [0.1, 0.15) is 26.7 Å². The molecule has 0 spiro atoms. The van der Waals surface area contributed by atoms with Gasteiger partial charge in [0.1, 0.15) is 0 Å². The Morgan fingerprint density at radius 2 is 2.18 bits per heavy atom. The van der Waals surface area contributed by atoms with Gasteiger partial charge in [0.15, 0.2) is 0 Å². The Hall–Kier alpha value is -0.850. The molecule has 0 radical (unpaired) electrons. The highest BCUT2D eigenvalue weighted by atomic mass is 14.7. The van der Waals surface area contributed by atoms with Crippen molar-refractivity contribution in [1.82, 2.24) is 0 Å². The summed E-state index contributed by atoms with van der Waals surface area (Å²) in [5, 5.41) is 0. The zero-order valence-corrected chi connectivity index (χ0v) is 7.51. The van der Waals surface area contributed by atoms with E-state index in [0.717, 1.165) is 19.4 Å². The number of hydrogen-bond donors (Lipinski definition) is 0. The quantitative estimate of drug-likeness (QED) is 0.423. The lowest BCUT2D eigenvalue weighted by Crippen LogP contribution is -1.87. The van der Waals surface area contributed by atoms with Gasteiger partial charge in [-0.2, -0.15) is 0 Å². The summed E-state index contributed by atoms with van der Waals surface area (Å²) in [6, 6.07) is 0. The van der Waals surface area contributed by atoms with Gasteiger partial charge in [-0.1, -0.05) is 25.2 Å². The van der Waals surface area contributed by atoms with Crippen LogP contribution < -0.4 is 0 Å². The Kier molecular flexibility index (Phi) is 6.70. The Morgan fingerprint density at radius 1 is 1.45 bits per heavy atom. The molecule has 0 aromatic heterocycles. The molecule has 0 fully saturated rings. The summed E-state index contributed by atoms with van der Waals surface area (Å²) in [4.78, 5) is 4.31. The minimum atomic E-state index is 0.813. The fourth-order valence-corrected chi connectivity index (χ4v) is 0.587. The van der Waals surface area contributed by atoms with Crippen LogP contribution >= 0.6 is 0 Å². The molecule has 0 amide bonds. The molecule has 0 saturated heterocycles. The van der Waals surface area contributed by atoms with E-state index in [1.807, 2.05) is 6.08 Å². The molecule has 0 rings (SSSR count). The first-order valence-corrected chi connectivity index (χ1v) is 4.07. The summed E-state index contributed by atoms with van der Waals surface area (Å²) in [6.45, 7) is 8.61. The summed E-state index contributed by atoms with van der Waals surface area (Å²) in [7, 11) is 0. The molecular weight excluding hydrogens is 134 g/mol. The van der Waals surface area contributed by atoms with Crippen molar-refractivity contribution >= 4 is 5.71 Å². The van der Waals surface area contributed by atoms with Crippen LogP contribution in [-0.4, -0.2) is 12.3 Å². The van der Waals surface area contributed by atoms with Gasteiger partial charge in [0, 0.05) is 5.71 Å². The van der Waals surface area contributed by atoms with Crippen molar-refractivity contribution in [2.24, 2.45) is 4.99 Å². The molecular formula is C10H17N. The Balaban J connectivity index is 3.46. The van der Waals surface area contributed by atoms with Crippen molar-refractivity contribution in [2.45, 2.75) is 26.7 Å². The van der Waals surface area contributed by atoms with Crippen molar-refractivity contribution in [3.63, 3.8) is 0 Å². The maximum absolute atomic E-state index is 4.31. The summed E-state index contributed by atoms with van der Waals surface area (Å²) < 4.78 is 0. The van der Waals surface area contributed by atoms with E-state index in [0.29, 0.717) is 0 Å². The molecule has 62 valence electrons. The van der Waals surface area contributed by atoms with E-state index < -0.39 is 0 Å². The van der Waals surface area contributed by atoms with Crippen molar-refractivity contribution in [1.29, 1.82) is 0 Å². The van der Waals surface area contributed by atoms with Crippen molar-refractivity contribution in [2.75, 3.05) is 6.54 Å². The first-order chi connectivity index (χ1) is 5.31. The summed E-state index contributed by atoms with van der Waals surface area (Å²) in [5.74, 6) is 0. The maximum atomic E-state index is 4.31. The van der Waals surface area contributed by atoms with E-state index >= 15 is 0 Å². The van der Waals surface area contributed by atoms with Crippen molar-refractivity contribution < 1.29 is 0 Å². The van der Waals surface area contributed by atoms with Gasteiger partial charge in [-0.25, -0.2) is 0 Å². The van der Waals surface area contributed by atoms with Gasteiger partial charge >= 0.3 is 0 Å². The Labute approximate surface area is 69.5 Å². The number of aliphatic imine (C=N–C) groups is 1. The molecule has 0 saturated carbocycles. The number of nitrogens with zero attached hydrogens (tertiary/aromatic N) is 1. The first kappa shape index (κ1) is 10.2. The zero-order chi connectivity index (χ0) is 8.53. The standard InChI is InChI=1S/C10H17N/c1-4-6-7-8-9-11-10(3)5-2/h4,7-8H,1,5-6,9H2,2-3H3. The largest absolute Gasteiger partial charge is 0.290 e. The lowest BCUT2D eigenvalue weighted by molar-refractivity contribution is 1.16. The summed E-state index contributed by atoms with van der Waals surface area (Å²) in [6.07, 6.45) is 8.03. The molecule has 0 atom stereocenters. The van der Waals surface area contributed by atoms with E-state index in [4.69, 9.17) is 0 Å². The number of hydrogen-bond acceptors (Lipinski definition) is 1. The Morgan fingerprint density at radius 3 is 2.73 bits per heavy atom. The maximum Gasteiger partial charge on any atom is 0.0569 e. The van der Waals surface area contributed by atoms with Crippen molar-refractivity contribution in [3.8, 4) is 0 Å². The first-order valence-electron chi connectivity index (χ1n) is 4.07. The van der Waals surface area contributed by atoms with Gasteiger partial charge in [0.05, 0.1) is 6.54 Å². The predicted octanol–water partition coefficient (Wildman–Crippen LogP) is 2.99. The van der Waals surface area contributed by atoms with Crippen LogP contribution in [0.5, 0.6) is 0 Å². The lowest BCUT2D eigenvalue weighted by Gasteiger charge is -1.90. The SMILES string of the molecule is C=CCC=CCN=C(C)CC. The Bertz CT molecular complexity index is 154. The normalized spacial score (nSPS) is 12.4. The van der Waals surface area contributed by atoms with Crippen LogP contribution in [0.25, 0.3) is 0 Å². The minimum absolute atomic E-state index is 0.813. The smallest absolute Gasteiger partial charge is 0.0569 e. The highest BCUT2D eigenvalue weighted by Gasteiger charge is 1.80. The lowest BCUT2D eigenvalue weighted by atomic mass is 10.3. The van der Waals surface area contributed by atoms with Gasteiger partial charge in [-0.15, -0.1) is 6.58 Å². The molecule has 0 aromatic carbocycles. The van der Waals surface area contributed by atoms with Crippen LogP contribution in [0.3, 0.4) is 0 Å². The third-order valence-electron chi connectivity index (χ3n) is 1.45. The molecule has 0 aliphatic carbocycles. The molecule has 1 nitrogen and oxygen atoms in total. The molecule has 0 unspecified atom stereocenters. The van der Waals surface area contributed by atoms with Crippen molar-refractivity contribution in [3.05, 3.63) is 24.8 Å². The van der Waals surface area contributed by atoms with E-state index in [2.05, 4.69) is 37.6 Å². The van der Waals surface area contributed by atoms with Gasteiger partial charge in [0.2, 0.25) is 0 Å². The van der Waals surface area contributed by atoms with Gasteiger partial charge in [0.25, 0.3) is 0 Å². The van der Waals surface area contributed by atoms with Crippen LogP contribution in [0.2, 0.25) is 0 Å². The van der Waals surface area contributed by atoms with E-state index in [1.54, 1.807) is 0 Å². The van der Waals surface area contributed by atoms with Gasteiger partial charge in [-0.05, 0) is 19.8 Å². The fourth-order valence-electron chi connectivity index (χ4n) is 0.587. The second kappa shape index (κ2) is 7.26. The van der Waals surface area contributed by atoms with E-state index in [1.165, 1.54) is 5.71 Å². The molecule has 1 heteroatoms. The highest BCUT2D eigenvalue weighted by Crippen LogP contribution is 1.87. The third kappa shape index (κ3) is 7.04. The van der Waals surface area contributed by atoms with Crippen LogP contribution in [0, 0.1) is 0 Å². The minimum Gasteiger partial charge on any atom is -0.290 e.